The summed E-state index contributed by atoms with van der Waals surface area (Å²) in [7, 11) is 0. The van der Waals surface area contributed by atoms with E-state index < -0.39 is 6.10 Å². The average Bonchev–Trinajstić information content (AvgIpc) is 2.78. The first-order valence-electron chi connectivity index (χ1n) is 10.2. The number of hydrogen-bond acceptors (Lipinski definition) is 3. The lowest BCUT2D eigenvalue weighted by molar-refractivity contribution is -0.154. The molecule has 3 heteroatoms. The molecule has 3 nitrogen and oxygen atoms in total. The number of hydrogen-bond donors (Lipinski definition) is 1. The Morgan fingerprint density at radius 3 is 2.54 bits per heavy atom. The van der Waals surface area contributed by atoms with E-state index in [4.69, 9.17) is 4.74 Å². The zero-order chi connectivity index (χ0) is 17.1. The molecule has 0 aliphatic heterocycles. The van der Waals surface area contributed by atoms with E-state index in [1.54, 1.807) is 0 Å². The predicted molar refractivity (Wildman–Crippen MR) is 93.3 cm³/mol. The number of aliphatic hydroxyl groups excluding tert-OH is 1. The predicted octanol–water partition coefficient (Wildman–Crippen LogP) is 4.32. The van der Waals surface area contributed by atoms with Crippen molar-refractivity contribution in [3.63, 3.8) is 0 Å². The molecule has 136 valence electrons. The number of ether oxygens (including phenoxy) is 1. The highest BCUT2D eigenvalue weighted by atomic mass is 16.6. The van der Waals surface area contributed by atoms with Crippen LogP contribution in [0, 0.1) is 34.5 Å². The molecule has 0 spiro atoms. The van der Waals surface area contributed by atoms with Crippen LogP contribution in [0.2, 0.25) is 0 Å². The van der Waals surface area contributed by atoms with E-state index >= 15 is 0 Å². The summed E-state index contributed by atoms with van der Waals surface area (Å²) in [5, 5.41) is 10.9. The van der Waals surface area contributed by atoms with Crippen LogP contribution >= 0.6 is 0 Å². The number of fused-ring (bicyclic) bond motifs is 5. The molecule has 8 atom stereocenters. The van der Waals surface area contributed by atoms with Crippen molar-refractivity contribution in [3.8, 4) is 0 Å². The molecule has 0 aromatic rings. The second-order valence-corrected chi connectivity index (χ2v) is 9.78. The Hall–Kier alpha value is -0.570. The van der Waals surface area contributed by atoms with Crippen molar-refractivity contribution in [2.45, 2.75) is 90.8 Å². The van der Waals surface area contributed by atoms with Crippen molar-refractivity contribution in [2.75, 3.05) is 0 Å². The fourth-order valence-electron chi connectivity index (χ4n) is 7.58. The molecule has 0 aromatic carbocycles. The van der Waals surface area contributed by atoms with Gasteiger partial charge in [0.2, 0.25) is 0 Å². The molecule has 0 saturated heterocycles. The van der Waals surface area contributed by atoms with E-state index in [9.17, 15) is 9.90 Å². The first-order valence-corrected chi connectivity index (χ1v) is 10.2. The van der Waals surface area contributed by atoms with Crippen LogP contribution in [0.15, 0.2) is 0 Å². The first-order chi connectivity index (χ1) is 11.4. The molecule has 0 bridgehead atoms. The maximum absolute atomic E-state index is 11.4. The van der Waals surface area contributed by atoms with Crippen molar-refractivity contribution in [3.05, 3.63) is 0 Å². The van der Waals surface area contributed by atoms with E-state index in [1.807, 2.05) is 0 Å². The molecular formula is C21H34O3. The highest BCUT2D eigenvalue weighted by Crippen LogP contribution is 2.66. The van der Waals surface area contributed by atoms with Crippen LogP contribution < -0.4 is 0 Å². The summed E-state index contributed by atoms with van der Waals surface area (Å²) in [6, 6.07) is 0. The van der Waals surface area contributed by atoms with E-state index in [1.165, 1.54) is 51.9 Å². The van der Waals surface area contributed by atoms with Gasteiger partial charge in [-0.05, 0) is 74.0 Å². The Labute approximate surface area is 146 Å². The lowest BCUT2D eigenvalue weighted by Gasteiger charge is -2.60. The fraction of sp³-hybridized carbons (Fsp3) is 0.952. The summed E-state index contributed by atoms with van der Waals surface area (Å²) < 4.78 is 5.50. The number of esters is 1. The van der Waals surface area contributed by atoms with Crippen LogP contribution in [0.4, 0.5) is 0 Å². The normalized spacial score (nSPS) is 53.7. The van der Waals surface area contributed by atoms with Crippen LogP contribution in [-0.2, 0) is 9.53 Å². The van der Waals surface area contributed by atoms with Crippen LogP contribution in [0.1, 0.15) is 78.6 Å². The van der Waals surface area contributed by atoms with Gasteiger partial charge in [-0.2, -0.15) is 0 Å². The smallest absolute Gasteiger partial charge is 0.302 e. The Bertz CT molecular complexity index is 517. The van der Waals surface area contributed by atoms with E-state index in [-0.39, 0.29) is 17.5 Å². The largest absolute Gasteiger partial charge is 0.460 e. The quantitative estimate of drug-likeness (QED) is 0.726. The zero-order valence-corrected chi connectivity index (χ0v) is 15.6. The van der Waals surface area contributed by atoms with Gasteiger partial charge in [0.25, 0.3) is 0 Å². The van der Waals surface area contributed by atoms with E-state index in [0.29, 0.717) is 11.3 Å². The molecule has 1 N–H and O–H groups in total. The molecule has 0 radical (unpaired) electrons. The van der Waals surface area contributed by atoms with Crippen molar-refractivity contribution in [2.24, 2.45) is 34.5 Å². The van der Waals surface area contributed by atoms with Gasteiger partial charge in [-0.3, -0.25) is 4.79 Å². The molecular weight excluding hydrogens is 300 g/mol. The lowest BCUT2D eigenvalue weighted by Crippen LogP contribution is -2.53. The summed E-state index contributed by atoms with van der Waals surface area (Å²) in [5.74, 6) is 2.74. The van der Waals surface area contributed by atoms with Crippen molar-refractivity contribution < 1.29 is 14.6 Å². The van der Waals surface area contributed by atoms with Gasteiger partial charge in [-0.1, -0.05) is 26.7 Å². The summed E-state index contributed by atoms with van der Waals surface area (Å²) in [4.78, 5) is 11.4. The van der Waals surface area contributed by atoms with Gasteiger partial charge < -0.3 is 9.84 Å². The topological polar surface area (TPSA) is 46.5 Å². The summed E-state index contributed by atoms with van der Waals surface area (Å²) >= 11 is 0. The zero-order valence-electron chi connectivity index (χ0n) is 15.6. The summed E-state index contributed by atoms with van der Waals surface area (Å²) in [6.07, 6.45) is 10.8. The van der Waals surface area contributed by atoms with Crippen LogP contribution in [0.5, 0.6) is 0 Å². The minimum absolute atomic E-state index is 0.0564. The second kappa shape index (κ2) is 5.72. The van der Waals surface area contributed by atoms with E-state index in [2.05, 4.69) is 13.8 Å². The Balaban J connectivity index is 1.60. The molecule has 8 unspecified atom stereocenters. The van der Waals surface area contributed by atoms with Gasteiger partial charge in [-0.25, -0.2) is 0 Å². The Kier molecular flexibility index (Phi) is 4.02. The molecule has 4 rings (SSSR count). The maximum atomic E-state index is 11.4. The van der Waals surface area contributed by atoms with Crippen molar-refractivity contribution in [1.82, 2.24) is 0 Å². The van der Waals surface area contributed by atoms with Crippen LogP contribution in [-0.4, -0.2) is 23.3 Å². The van der Waals surface area contributed by atoms with Gasteiger partial charge in [-0.15, -0.1) is 0 Å². The highest BCUT2D eigenvalue weighted by Gasteiger charge is 2.62. The third-order valence-corrected chi connectivity index (χ3v) is 8.85. The average molecular weight is 335 g/mol. The first kappa shape index (κ1) is 16.9. The van der Waals surface area contributed by atoms with Gasteiger partial charge in [0.05, 0.1) is 6.10 Å². The highest BCUT2D eigenvalue weighted by molar-refractivity contribution is 5.66. The molecule has 0 aromatic heterocycles. The molecule has 4 saturated carbocycles. The fourth-order valence-corrected chi connectivity index (χ4v) is 7.58. The number of carbonyl (C=O) groups excluding carboxylic acids is 1. The summed E-state index contributed by atoms with van der Waals surface area (Å²) in [6.45, 7) is 6.30. The molecule has 4 aliphatic carbocycles. The Morgan fingerprint density at radius 1 is 1.00 bits per heavy atom. The third kappa shape index (κ3) is 2.29. The third-order valence-electron chi connectivity index (χ3n) is 8.85. The van der Waals surface area contributed by atoms with Crippen molar-refractivity contribution >= 4 is 5.97 Å². The Morgan fingerprint density at radius 2 is 1.79 bits per heavy atom. The van der Waals surface area contributed by atoms with Crippen LogP contribution in [0.3, 0.4) is 0 Å². The maximum Gasteiger partial charge on any atom is 0.302 e. The van der Waals surface area contributed by atoms with E-state index in [0.717, 1.165) is 30.6 Å². The number of carbonyl (C=O) groups is 1. The van der Waals surface area contributed by atoms with Gasteiger partial charge >= 0.3 is 5.97 Å². The van der Waals surface area contributed by atoms with Gasteiger partial charge in [0.1, 0.15) is 6.10 Å². The minimum atomic E-state index is -0.482. The molecule has 4 fully saturated rings. The van der Waals surface area contributed by atoms with Crippen LogP contribution in [0.25, 0.3) is 0 Å². The standard InChI is InChI=1S/C21H34O3/c1-13(22)24-18-12-17-15-8-7-14-6-4-5-10-20(14,2)16(15)9-11-21(17,3)19(18)23/h14-19,23H,4-12H2,1-3H3. The van der Waals surface area contributed by atoms with Gasteiger partial charge in [0, 0.05) is 12.3 Å². The summed E-state index contributed by atoms with van der Waals surface area (Å²) in [5.41, 5.74) is 0.464. The monoisotopic (exact) mass is 334 g/mol. The second-order valence-electron chi connectivity index (χ2n) is 9.78. The van der Waals surface area contributed by atoms with Crippen molar-refractivity contribution in [1.29, 1.82) is 0 Å². The number of rotatable bonds is 1. The minimum Gasteiger partial charge on any atom is -0.460 e. The SMILES string of the molecule is CC(=O)OC1CC2C3CCC4CCCCC4(C)C3CCC2(C)C1O. The number of aliphatic hydroxyl groups is 1. The molecule has 0 heterocycles. The molecule has 4 aliphatic rings. The molecule has 0 amide bonds. The van der Waals surface area contributed by atoms with Gasteiger partial charge in [0.15, 0.2) is 0 Å². The lowest BCUT2D eigenvalue weighted by atomic mass is 9.45. The molecule has 24 heavy (non-hydrogen) atoms.